The summed E-state index contributed by atoms with van der Waals surface area (Å²) >= 11 is 0. The molecule has 3 fully saturated rings. The van der Waals surface area contributed by atoms with Crippen LogP contribution in [0.5, 0.6) is 0 Å². The lowest BCUT2D eigenvalue weighted by molar-refractivity contribution is -0.120. The first kappa shape index (κ1) is 18.1. The van der Waals surface area contributed by atoms with E-state index in [1.165, 1.54) is 32.4 Å². The molecule has 2 N–H and O–H groups in total. The molecule has 3 heterocycles. The van der Waals surface area contributed by atoms with Crippen LogP contribution in [-0.2, 0) is 4.79 Å². The summed E-state index contributed by atoms with van der Waals surface area (Å²) in [4.78, 5) is 30.8. The Balaban J connectivity index is 1.32. The second-order valence-electron chi connectivity index (χ2n) is 7.73. The topological polar surface area (TPSA) is 67.9 Å². The lowest BCUT2D eigenvalue weighted by Gasteiger charge is -2.37. The number of carbonyl (C=O) groups excluding carboxylic acids is 2. The molecule has 0 saturated carbocycles. The number of urea groups is 1. The van der Waals surface area contributed by atoms with Crippen molar-refractivity contribution in [3.8, 4) is 0 Å². The van der Waals surface area contributed by atoms with E-state index in [1.807, 2.05) is 29.2 Å². The summed E-state index contributed by atoms with van der Waals surface area (Å²) in [6, 6.07) is 8.28. The van der Waals surface area contributed by atoms with Crippen LogP contribution in [0.15, 0.2) is 24.3 Å². The van der Waals surface area contributed by atoms with E-state index in [1.54, 1.807) is 0 Å². The van der Waals surface area contributed by atoms with Gasteiger partial charge in [0.25, 0.3) is 0 Å². The molecular weight excluding hydrogens is 342 g/mol. The van der Waals surface area contributed by atoms with Crippen molar-refractivity contribution in [3.63, 3.8) is 0 Å². The van der Waals surface area contributed by atoms with E-state index in [0.29, 0.717) is 19.1 Å². The van der Waals surface area contributed by atoms with Crippen LogP contribution < -0.4 is 15.5 Å². The average Bonchev–Trinajstić information content (AvgIpc) is 3.24. The van der Waals surface area contributed by atoms with E-state index in [0.717, 1.165) is 37.4 Å². The Labute approximate surface area is 160 Å². The molecule has 0 spiro atoms. The summed E-state index contributed by atoms with van der Waals surface area (Å²) in [6.45, 7) is 5.88. The lowest BCUT2D eigenvalue weighted by atomic mass is 10.0. The van der Waals surface area contributed by atoms with Crippen molar-refractivity contribution in [3.05, 3.63) is 24.3 Å². The molecule has 1 atom stereocenters. The number of hydrogen-bond donors (Lipinski definition) is 2. The normalized spacial score (nSPS) is 24.0. The predicted molar refractivity (Wildman–Crippen MR) is 106 cm³/mol. The minimum atomic E-state index is -0.0102. The highest BCUT2D eigenvalue weighted by Gasteiger charge is 2.29. The maximum absolute atomic E-state index is 12.7. The van der Waals surface area contributed by atoms with Crippen molar-refractivity contribution in [1.82, 2.24) is 15.1 Å². The highest BCUT2D eigenvalue weighted by molar-refractivity contribution is 5.89. The summed E-state index contributed by atoms with van der Waals surface area (Å²) in [5, 5.41) is 5.87. The van der Waals surface area contributed by atoms with Crippen LogP contribution in [0, 0.1) is 0 Å². The van der Waals surface area contributed by atoms with Crippen molar-refractivity contribution >= 4 is 23.3 Å². The van der Waals surface area contributed by atoms with Gasteiger partial charge in [-0.3, -0.25) is 9.69 Å². The smallest absolute Gasteiger partial charge is 0.321 e. The Morgan fingerprint density at radius 2 is 1.81 bits per heavy atom. The van der Waals surface area contributed by atoms with Gasteiger partial charge in [0.05, 0.1) is 6.54 Å². The Bertz CT molecular complexity index is 671. The molecular formula is C20H29N5O2. The maximum Gasteiger partial charge on any atom is 0.321 e. The lowest BCUT2D eigenvalue weighted by Crippen LogP contribution is -2.50. The molecule has 3 saturated heterocycles. The quantitative estimate of drug-likeness (QED) is 0.849. The van der Waals surface area contributed by atoms with Crippen LogP contribution in [0.1, 0.15) is 25.7 Å². The summed E-state index contributed by atoms with van der Waals surface area (Å²) in [7, 11) is 0. The molecule has 27 heavy (non-hydrogen) atoms. The Hall–Kier alpha value is -2.28. The number of likely N-dealkylation sites (tertiary alicyclic amines) is 2. The molecule has 3 aliphatic rings. The van der Waals surface area contributed by atoms with Crippen molar-refractivity contribution in [1.29, 1.82) is 0 Å². The van der Waals surface area contributed by atoms with Crippen molar-refractivity contribution in [2.75, 3.05) is 56.0 Å². The van der Waals surface area contributed by atoms with Gasteiger partial charge in [-0.15, -0.1) is 0 Å². The molecule has 0 aliphatic carbocycles. The fraction of sp³-hybridized carbons (Fsp3) is 0.600. The number of benzene rings is 1. The molecule has 3 amide bonds. The number of hydrogen-bond acceptors (Lipinski definition) is 4. The van der Waals surface area contributed by atoms with Crippen LogP contribution in [0.4, 0.5) is 16.2 Å². The van der Waals surface area contributed by atoms with Gasteiger partial charge in [-0.05, 0) is 63.0 Å². The fourth-order valence-electron chi connectivity index (χ4n) is 4.36. The van der Waals surface area contributed by atoms with E-state index < -0.39 is 0 Å². The summed E-state index contributed by atoms with van der Waals surface area (Å²) in [5.41, 5.74) is 1.81. The molecule has 4 rings (SSSR count). The van der Waals surface area contributed by atoms with Gasteiger partial charge < -0.3 is 20.4 Å². The Kier molecular flexibility index (Phi) is 5.48. The zero-order valence-corrected chi connectivity index (χ0v) is 15.8. The average molecular weight is 371 g/mol. The molecule has 0 unspecified atom stereocenters. The fourth-order valence-corrected chi connectivity index (χ4v) is 4.36. The minimum absolute atomic E-state index is 0.0102. The van der Waals surface area contributed by atoms with Gasteiger partial charge in [-0.2, -0.15) is 0 Å². The SMILES string of the molecule is O=C1CN(c2ccc(NC(=O)N3CCC[C@H](N4CCCC4)C3)cc2)CCN1. The number of carbonyl (C=O) groups is 2. The standard InChI is InChI=1S/C20H29N5O2/c26-19-15-24(13-9-21-19)17-7-5-16(6-8-17)22-20(27)25-12-3-4-18(14-25)23-10-1-2-11-23/h5-8,18H,1-4,9-15H2,(H,21,26)(H,22,27)/t18-/m0/s1. The van der Waals surface area contributed by atoms with Crippen molar-refractivity contribution in [2.45, 2.75) is 31.7 Å². The minimum Gasteiger partial charge on any atom is -0.360 e. The van der Waals surface area contributed by atoms with Crippen LogP contribution in [0.3, 0.4) is 0 Å². The molecule has 146 valence electrons. The van der Waals surface area contributed by atoms with Gasteiger partial charge in [0.1, 0.15) is 0 Å². The number of anilines is 2. The first-order chi connectivity index (χ1) is 13.2. The van der Waals surface area contributed by atoms with Crippen LogP contribution in [0.25, 0.3) is 0 Å². The van der Waals surface area contributed by atoms with E-state index >= 15 is 0 Å². The van der Waals surface area contributed by atoms with Gasteiger partial charge >= 0.3 is 6.03 Å². The largest absolute Gasteiger partial charge is 0.360 e. The van der Waals surface area contributed by atoms with E-state index in [4.69, 9.17) is 0 Å². The monoisotopic (exact) mass is 371 g/mol. The van der Waals surface area contributed by atoms with Crippen molar-refractivity contribution in [2.24, 2.45) is 0 Å². The van der Waals surface area contributed by atoms with Gasteiger partial charge in [0.15, 0.2) is 0 Å². The number of amides is 3. The molecule has 0 aromatic heterocycles. The number of rotatable bonds is 3. The second-order valence-corrected chi connectivity index (χ2v) is 7.73. The van der Waals surface area contributed by atoms with E-state index in [2.05, 4.69) is 20.4 Å². The molecule has 1 aromatic rings. The Morgan fingerprint density at radius 1 is 1.04 bits per heavy atom. The van der Waals surface area contributed by atoms with E-state index in [-0.39, 0.29) is 11.9 Å². The summed E-state index contributed by atoms with van der Waals surface area (Å²) in [6.07, 6.45) is 4.84. The van der Waals surface area contributed by atoms with Gasteiger partial charge in [-0.25, -0.2) is 4.79 Å². The van der Waals surface area contributed by atoms with Crippen LogP contribution >= 0.6 is 0 Å². The van der Waals surface area contributed by atoms with Gasteiger partial charge in [0, 0.05) is 43.6 Å². The number of nitrogens with one attached hydrogen (secondary N) is 2. The predicted octanol–water partition coefficient (Wildman–Crippen LogP) is 1.71. The van der Waals surface area contributed by atoms with Crippen LogP contribution in [0.2, 0.25) is 0 Å². The highest BCUT2D eigenvalue weighted by Crippen LogP contribution is 2.22. The van der Waals surface area contributed by atoms with Gasteiger partial charge in [-0.1, -0.05) is 0 Å². The molecule has 0 radical (unpaired) electrons. The zero-order valence-electron chi connectivity index (χ0n) is 15.8. The van der Waals surface area contributed by atoms with E-state index in [9.17, 15) is 9.59 Å². The zero-order chi connectivity index (χ0) is 18.6. The molecule has 3 aliphatic heterocycles. The van der Waals surface area contributed by atoms with Crippen molar-refractivity contribution < 1.29 is 9.59 Å². The third-order valence-corrected chi connectivity index (χ3v) is 5.86. The molecule has 1 aromatic carbocycles. The van der Waals surface area contributed by atoms with Crippen LogP contribution in [-0.4, -0.2) is 73.6 Å². The molecule has 7 nitrogen and oxygen atoms in total. The third kappa shape index (κ3) is 4.35. The second kappa shape index (κ2) is 8.17. The molecule has 7 heteroatoms. The summed E-state index contributed by atoms with van der Waals surface area (Å²) < 4.78 is 0. The number of piperazine rings is 1. The maximum atomic E-state index is 12.7. The number of nitrogens with zero attached hydrogens (tertiary/aromatic N) is 3. The highest BCUT2D eigenvalue weighted by atomic mass is 16.2. The molecule has 0 bridgehead atoms. The first-order valence-corrected chi connectivity index (χ1v) is 10.1. The number of piperidine rings is 1. The van der Waals surface area contributed by atoms with Gasteiger partial charge in [0.2, 0.25) is 5.91 Å². The first-order valence-electron chi connectivity index (χ1n) is 10.1. The third-order valence-electron chi connectivity index (χ3n) is 5.86. The Morgan fingerprint density at radius 3 is 2.56 bits per heavy atom. The summed E-state index contributed by atoms with van der Waals surface area (Å²) in [5.74, 6) is 0.0521.